The molecule has 3 aromatic rings. The van der Waals surface area contributed by atoms with Gasteiger partial charge in [-0.1, -0.05) is 53.7 Å². The van der Waals surface area contributed by atoms with Crippen LogP contribution in [0.15, 0.2) is 65.2 Å². The van der Waals surface area contributed by atoms with Crippen LogP contribution in [-0.4, -0.2) is 53.9 Å². The third kappa shape index (κ3) is 5.09. The third-order valence-corrected chi connectivity index (χ3v) is 6.84. The van der Waals surface area contributed by atoms with Crippen molar-refractivity contribution in [3.8, 4) is 11.5 Å². The summed E-state index contributed by atoms with van der Waals surface area (Å²) in [5.41, 5.74) is 1.70. The maximum absolute atomic E-state index is 12.8. The zero-order valence-electron chi connectivity index (χ0n) is 16.1. The quantitative estimate of drug-likeness (QED) is 0.619. The lowest BCUT2D eigenvalue weighted by Gasteiger charge is -2.21. The van der Waals surface area contributed by atoms with Gasteiger partial charge in [0.05, 0.1) is 12.3 Å². The van der Waals surface area contributed by atoms with E-state index in [1.54, 1.807) is 4.31 Å². The van der Waals surface area contributed by atoms with Gasteiger partial charge in [-0.3, -0.25) is 4.90 Å². The zero-order valence-corrected chi connectivity index (χ0v) is 17.0. The van der Waals surface area contributed by atoms with Gasteiger partial charge in [0.2, 0.25) is 10.0 Å². The van der Waals surface area contributed by atoms with Crippen molar-refractivity contribution in [3.63, 3.8) is 0 Å². The Morgan fingerprint density at radius 1 is 0.897 bits per heavy atom. The average Bonchev–Trinajstić information content (AvgIpc) is 3.06. The monoisotopic (exact) mass is 412 g/mol. The van der Waals surface area contributed by atoms with E-state index in [0.29, 0.717) is 37.9 Å². The highest BCUT2D eigenvalue weighted by Crippen LogP contribution is 2.18. The summed E-state index contributed by atoms with van der Waals surface area (Å²) in [7, 11) is -3.33. The summed E-state index contributed by atoms with van der Waals surface area (Å²) >= 11 is 0. The van der Waals surface area contributed by atoms with Gasteiger partial charge in [-0.2, -0.15) is 4.98 Å². The molecule has 0 spiro atoms. The molecule has 0 N–H and O–H groups in total. The molecule has 29 heavy (non-hydrogen) atoms. The second-order valence-corrected chi connectivity index (χ2v) is 9.12. The third-order valence-electron chi connectivity index (χ3n) is 4.99. The SMILES string of the molecule is O=S(=O)(Cc1ccccc1)N1CCCN(Cc2noc(-c3ccccc3)n2)CC1. The van der Waals surface area contributed by atoms with Crippen molar-refractivity contribution in [2.75, 3.05) is 26.2 Å². The number of nitrogens with zero attached hydrogens (tertiary/aromatic N) is 4. The number of aromatic nitrogens is 2. The van der Waals surface area contributed by atoms with E-state index in [9.17, 15) is 8.42 Å². The molecule has 0 aliphatic carbocycles. The molecule has 8 heteroatoms. The molecule has 1 saturated heterocycles. The van der Waals surface area contributed by atoms with Gasteiger partial charge in [0.15, 0.2) is 5.82 Å². The summed E-state index contributed by atoms with van der Waals surface area (Å²) in [5, 5.41) is 4.08. The molecule has 0 bridgehead atoms. The van der Waals surface area contributed by atoms with Gasteiger partial charge in [0.1, 0.15) is 0 Å². The Hall–Kier alpha value is -2.55. The molecular weight excluding hydrogens is 388 g/mol. The van der Waals surface area contributed by atoms with Crippen molar-refractivity contribution in [2.45, 2.75) is 18.7 Å². The van der Waals surface area contributed by atoms with Crippen LogP contribution in [0.1, 0.15) is 17.8 Å². The van der Waals surface area contributed by atoms with E-state index in [2.05, 4.69) is 15.0 Å². The van der Waals surface area contributed by atoms with Crippen LogP contribution in [0.3, 0.4) is 0 Å². The Labute approximate surface area is 171 Å². The fourth-order valence-electron chi connectivity index (χ4n) is 3.48. The van der Waals surface area contributed by atoms with Crippen LogP contribution in [0, 0.1) is 0 Å². The van der Waals surface area contributed by atoms with Gasteiger partial charge in [-0.25, -0.2) is 12.7 Å². The van der Waals surface area contributed by atoms with E-state index >= 15 is 0 Å². The molecule has 1 aliphatic heterocycles. The number of hydrogen-bond acceptors (Lipinski definition) is 6. The Morgan fingerprint density at radius 2 is 1.62 bits per heavy atom. The number of hydrogen-bond donors (Lipinski definition) is 0. The predicted molar refractivity (Wildman–Crippen MR) is 110 cm³/mol. The molecular formula is C21H24N4O3S. The molecule has 2 heterocycles. The standard InChI is InChI=1S/C21H24N4O3S/c26-29(27,17-18-8-3-1-4-9-18)25-13-7-12-24(14-15-25)16-20-22-21(28-23-20)19-10-5-2-6-11-19/h1-6,8-11H,7,12-17H2. The summed E-state index contributed by atoms with van der Waals surface area (Å²) in [6.07, 6.45) is 0.775. The van der Waals surface area contributed by atoms with Gasteiger partial charge in [-0.05, 0) is 30.7 Å². The van der Waals surface area contributed by atoms with E-state index in [-0.39, 0.29) is 5.75 Å². The van der Waals surface area contributed by atoms with Crippen molar-refractivity contribution in [1.29, 1.82) is 0 Å². The predicted octanol–water partition coefficient (Wildman–Crippen LogP) is 2.77. The molecule has 0 atom stereocenters. The van der Waals surface area contributed by atoms with E-state index in [1.807, 2.05) is 60.7 Å². The van der Waals surface area contributed by atoms with E-state index in [1.165, 1.54) is 0 Å². The van der Waals surface area contributed by atoms with Crippen molar-refractivity contribution in [2.24, 2.45) is 0 Å². The Bertz CT molecular complexity index is 1020. The molecule has 0 unspecified atom stereocenters. The maximum atomic E-state index is 12.8. The first-order chi connectivity index (χ1) is 14.1. The molecule has 7 nitrogen and oxygen atoms in total. The van der Waals surface area contributed by atoms with Gasteiger partial charge >= 0.3 is 0 Å². The topological polar surface area (TPSA) is 79.5 Å². The van der Waals surface area contributed by atoms with E-state index in [4.69, 9.17) is 4.52 Å². The zero-order chi connectivity index (χ0) is 20.1. The van der Waals surface area contributed by atoms with Gasteiger partial charge < -0.3 is 4.52 Å². The first kappa shape index (κ1) is 19.8. The van der Waals surface area contributed by atoms with Crippen LogP contribution < -0.4 is 0 Å². The Kier molecular flexibility index (Phi) is 6.03. The van der Waals surface area contributed by atoms with Crippen LogP contribution in [0.5, 0.6) is 0 Å². The van der Waals surface area contributed by atoms with E-state index < -0.39 is 10.0 Å². The van der Waals surface area contributed by atoms with Crippen LogP contribution in [-0.2, 0) is 22.3 Å². The normalized spacial score (nSPS) is 16.6. The fraction of sp³-hybridized carbons (Fsp3) is 0.333. The van der Waals surface area contributed by atoms with Crippen LogP contribution in [0.25, 0.3) is 11.5 Å². The van der Waals surface area contributed by atoms with Crippen molar-refractivity contribution < 1.29 is 12.9 Å². The maximum Gasteiger partial charge on any atom is 0.257 e. The lowest BCUT2D eigenvalue weighted by atomic mass is 10.2. The molecule has 1 fully saturated rings. The molecule has 4 rings (SSSR count). The molecule has 1 aliphatic rings. The Balaban J connectivity index is 1.36. The van der Waals surface area contributed by atoms with Crippen molar-refractivity contribution in [3.05, 3.63) is 72.1 Å². The second-order valence-electron chi connectivity index (χ2n) is 7.15. The fourth-order valence-corrected chi connectivity index (χ4v) is 5.04. The summed E-state index contributed by atoms with van der Waals surface area (Å²) in [6, 6.07) is 19.0. The molecule has 0 radical (unpaired) electrons. The number of rotatable bonds is 6. The highest BCUT2D eigenvalue weighted by atomic mass is 32.2. The molecule has 2 aromatic carbocycles. The Morgan fingerprint density at radius 3 is 2.38 bits per heavy atom. The van der Waals surface area contributed by atoms with Crippen LogP contribution >= 0.6 is 0 Å². The summed E-state index contributed by atoms with van der Waals surface area (Å²) in [6.45, 7) is 2.99. The molecule has 152 valence electrons. The largest absolute Gasteiger partial charge is 0.334 e. The van der Waals surface area contributed by atoms with Crippen molar-refractivity contribution in [1.82, 2.24) is 19.3 Å². The minimum Gasteiger partial charge on any atom is -0.334 e. The minimum atomic E-state index is -3.33. The summed E-state index contributed by atoms with van der Waals surface area (Å²) < 4.78 is 32.6. The van der Waals surface area contributed by atoms with Gasteiger partial charge in [0, 0.05) is 25.2 Å². The van der Waals surface area contributed by atoms with Crippen molar-refractivity contribution >= 4 is 10.0 Å². The highest BCUT2D eigenvalue weighted by Gasteiger charge is 2.26. The minimum absolute atomic E-state index is 0.0408. The highest BCUT2D eigenvalue weighted by molar-refractivity contribution is 7.88. The summed E-state index contributed by atoms with van der Waals surface area (Å²) in [5.74, 6) is 1.16. The lowest BCUT2D eigenvalue weighted by molar-refractivity contribution is 0.266. The number of benzene rings is 2. The lowest BCUT2D eigenvalue weighted by Crippen LogP contribution is -2.35. The molecule has 0 amide bonds. The first-order valence-electron chi connectivity index (χ1n) is 9.72. The van der Waals surface area contributed by atoms with Gasteiger partial charge in [0.25, 0.3) is 5.89 Å². The smallest absolute Gasteiger partial charge is 0.257 e. The van der Waals surface area contributed by atoms with Crippen LogP contribution in [0.4, 0.5) is 0 Å². The second kappa shape index (κ2) is 8.86. The molecule has 1 aromatic heterocycles. The van der Waals surface area contributed by atoms with E-state index in [0.717, 1.165) is 24.1 Å². The van der Waals surface area contributed by atoms with Gasteiger partial charge in [-0.15, -0.1) is 0 Å². The van der Waals surface area contributed by atoms with Crippen LogP contribution in [0.2, 0.25) is 0 Å². The summed E-state index contributed by atoms with van der Waals surface area (Å²) in [4.78, 5) is 6.66. The first-order valence-corrected chi connectivity index (χ1v) is 11.3. The average molecular weight is 413 g/mol. The molecule has 0 saturated carbocycles. The number of sulfonamides is 1.